The minimum Gasteiger partial charge on any atom is -0.456 e. The Bertz CT molecular complexity index is 1100. The summed E-state index contributed by atoms with van der Waals surface area (Å²) in [5.41, 5.74) is 1.83. The first-order chi connectivity index (χ1) is 15.1. The second kappa shape index (κ2) is 9.21. The van der Waals surface area contributed by atoms with E-state index in [0.717, 1.165) is 0 Å². The van der Waals surface area contributed by atoms with E-state index in [2.05, 4.69) is 17.0 Å². The van der Waals surface area contributed by atoms with Gasteiger partial charge in [0.1, 0.15) is 17.2 Å². The first-order valence-corrected chi connectivity index (χ1v) is 10.0. The molecular formula is C24H26FN3O4. The first kappa shape index (κ1) is 23.0. The maximum Gasteiger partial charge on any atom is 0.338 e. The number of esters is 1. The zero-order chi connectivity index (χ0) is 23.5. The van der Waals surface area contributed by atoms with Crippen LogP contribution in [-0.4, -0.2) is 28.1 Å². The summed E-state index contributed by atoms with van der Waals surface area (Å²) in [6.07, 6.45) is -0.690. The number of carbonyl (C=O) groups is 1. The van der Waals surface area contributed by atoms with Crippen molar-refractivity contribution in [2.45, 2.75) is 39.4 Å². The zero-order valence-corrected chi connectivity index (χ0v) is 18.8. The van der Waals surface area contributed by atoms with Crippen LogP contribution in [0.2, 0.25) is 0 Å². The van der Waals surface area contributed by atoms with Crippen molar-refractivity contribution in [1.29, 1.82) is 0 Å². The summed E-state index contributed by atoms with van der Waals surface area (Å²) in [6.45, 7) is 10.7. The molecule has 1 unspecified atom stereocenters. The summed E-state index contributed by atoms with van der Waals surface area (Å²) in [5, 5.41) is 8.06. The normalized spacial score (nSPS) is 12.2. The van der Waals surface area contributed by atoms with E-state index in [9.17, 15) is 9.18 Å². The van der Waals surface area contributed by atoms with Gasteiger partial charge in [0.25, 0.3) is 0 Å². The van der Waals surface area contributed by atoms with Crippen LogP contribution in [0.5, 0.6) is 11.6 Å². The summed E-state index contributed by atoms with van der Waals surface area (Å²) in [4.78, 5) is 17.9. The average Bonchev–Trinajstić information content (AvgIpc) is 2.99. The molecule has 0 amide bonds. The molecule has 0 aliphatic carbocycles. The Kier molecular flexibility index (Phi) is 6.62. The van der Waals surface area contributed by atoms with Crippen molar-refractivity contribution in [2.24, 2.45) is 12.2 Å². The highest BCUT2D eigenvalue weighted by Gasteiger charge is 2.28. The van der Waals surface area contributed by atoms with E-state index in [1.807, 2.05) is 27.7 Å². The number of carbonyl (C=O) groups excluding carboxylic acids is 1. The average molecular weight is 439 g/mol. The van der Waals surface area contributed by atoms with Gasteiger partial charge in [0.15, 0.2) is 6.10 Å². The maximum absolute atomic E-state index is 13.3. The topological polar surface area (TPSA) is 74.9 Å². The van der Waals surface area contributed by atoms with Crippen LogP contribution in [0.4, 0.5) is 4.39 Å². The molecule has 2 aromatic carbocycles. The number of hydrogen-bond acceptors (Lipinski definition) is 6. The third kappa shape index (κ3) is 5.32. The fraction of sp³-hybridized carbons (Fsp3) is 0.292. The summed E-state index contributed by atoms with van der Waals surface area (Å²) < 4.78 is 26.3. The van der Waals surface area contributed by atoms with E-state index in [1.54, 1.807) is 36.0 Å². The van der Waals surface area contributed by atoms with Gasteiger partial charge < -0.3 is 14.3 Å². The number of halogens is 1. The number of nitrogens with zero attached hydrogens (tertiary/aromatic N) is 3. The predicted molar refractivity (Wildman–Crippen MR) is 119 cm³/mol. The Morgan fingerprint density at radius 3 is 2.31 bits per heavy atom. The van der Waals surface area contributed by atoms with E-state index in [1.165, 1.54) is 24.3 Å². The number of rotatable bonds is 7. The van der Waals surface area contributed by atoms with Crippen molar-refractivity contribution in [2.75, 3.05) is 0 Å². The molecule has 1 atom stereocenters. The number of ether oxygens (including phenoxy) is 2. The van der Waals surface area contributed by atoms with Crippen molar-refractivity contribution in [1.82, 2.24) is 9.78 Å². The lowest BCUT2D eigenvalue weighted by Gasteiger charge is -2.20. The van der Waals surface area contributed by atoms with Gasteiger partial charge in [-0.2, -0.15) is 5.10 Å². The molecule has 0 fully saturated rings. The van der Waals surface area contributed by atoms with Crippen LogP contribution in [0.25, 0.3) is 0 Å². The minimum absolute atomic E-state index is 0.360. The SMILES string of the molecule is C=NOC(c1ccc(C(=O)OC(C)(C)C)cc1)c1c(C)nn(C)c1Oc1ccc(F)cc1. The molecule has 0 radical (unpaired) electrons. The third-order valence-electron chi connectivity index (χ3n) is 4.53. The molecule has 168 valence electrons. The van der Waals surface area contributed by atoms with Crippen LogP contribution < -0.4 is 4.74 Å². The molecule has 7 nitrogen and oxygen atoms in total. The number of benzene rings is 2. The van der Waals surface area contributed by atoms with Crippen LogP contribution in [0, 0.1) is 12.7 Å². The fourth-order valence-electron chi connectivity index (χ4n) is 3.18. The van der Waals surface area contributed by atoms with E-state index < -0.39 is 17.7 Å². The predicted octanol–water partition coefficient (Wildman–Crippen LogP) is 5.34. The minimum atomic E-state index is -0.690. The summed E-state index contributed by atoms with van der Waals surface area (Å²) in [7, 11) is 1.74. The Balaban J connectivity index is 1.96. The molecule has 32 heavy (non-hydrogen) atoms. The smallest absolute Gasteiger partial charge is 0.338 e. The molecule has 0 bridgehead atoms. The standard InChI is InChI=1S/C24H26FN3O4/c1-15-20(22(28(6)27-15)30-19-13-11-18(25)12-14-19)21(32-26-5)16-7-9-17(10-8-16)23(29)31-24(2,3)4/h7-14,21H,5H2,1-4,6H3. The molecule has 0 aliphatic heterocycles. The lowest BCUT2D eigenvalue weighted by molar-refractivity contribution is 0.00693. The van der Waals surface area contributed by atoms with Crippen molar-refractivity contribution in [3.05, 3.63) is 76.7 Å². The van der Waals surface area contributed by atoms with E-state index >= 15 is 0 Å². The van der Waals surface area contributed by atoms with Crippen LogP contribution in [0.3, 0.4) is 0 Å². The molecule has 0 saturated carbocycles. The number of aromatic nitrogens is 2. The Labute approximate surface area is 186 Å². The van der Waals surface area contributed by atoms with Gasteiger partial charge in [-0.1, -0.05) is 12.1 Å². The van der Waals surface area contributed by atoms with E-state index in [-0.39, 0.29) is 5.82 Å². The molecular weight excluding hydrogens is 413 g/mol. The Morgan fingerprint density at radius 2 is 1.75 bits per heavy atom. The quantitative estimate of drug-likeness (QED) is 0.282. The molecule has 1 heterocycles. The highest BCUT2D eigenvalue weighted by Crippen LogP contribution is 2.37. The van der Waals surface area contributed by atoms with E-state index in [4.69, 9.17) is 14.3 Å². The molecule has 3 rings (SSSR count). The van der Waals surface area contributed by atoms with Crippen LogP contribution in [0.15, 0.2) is 53.7 Å². The second-order valence-electron chi connectivity index (χ2n) is 8.22. The van der Waals surface area contributed by atoms with Gasteiger partial charge in [0.2, 0.25) is 5.88 Å². The molecule has 0 aliphatic rings. The Morgan fingerprint density at radius 1 is 1.12 bits per heavy atom. The number of aryl methyl sites for hydroxylation is 2. The van der Waals surface area contributed by atoms with Gasteiger partial charge in [-0.25, -0.2) is 13.9 Å². The molecule has 8 heteroatoms. The second-order valence-corrected chi connectivity index (χ2v) is 8.22. The third-order valence-corrected chi connectivity index (χ3v) is 4.53. The first-order valence-electron chi connectivity index (χ1n) is 10.0. The molecule has 3 aromatic rings. The van der Waals surface area contributed by atoms with Gasteiger partial charge in [-0.15, -0.1) is 5.16 Å². The highest BCUT2D eigenvalue weighted by molar-refractivity contribution is 5.89. The van der Waals surface area contributed by atoms with Gasteiger partial charge in [0.05, 0.1) is 16.8 Å². The maximum atomic E-state index is 13.3. The lowest BCUT2D eigenvalue weighted by Crippen LogP contribution is -2.23. The molecule has 0 N–H and O–H groups in total. The van der Waals surface area contributed by atoms with Crippen LogP contribution in [-0.2, 0) is 16.6 Å². The molecule has 0 spiro atoms. The highest BCUT2D eigenvalue weighted by atomic mass is 19.1. The van der Waals surface area contributed by atoms with Gasteiger partial charge >= 0.3 is 5.97 Å². The molecule has 1 aromatic heterocycles. The number of hydrogen-bond donors (Lipinski definition) is 0. The van der Waals surface area contributed by atoms with Crippen LogP contribution >= 0.6 is 0 Å². The zero-order valence-electron chi connectivity index (χ0n) is 18.8. The van der Waals surface area contributed by atoms with E-state index in [0.29, 0.717) is 34.0 Å². The van der Waals surface area contributed by atoms with Crippen molar-refractivity contribution >= 4 is 12.7 Å². The van der Waals surface area contributed by atoms with Gasteiger partial charge in [-0.3, -0.25) is 0 Å². The van der Waals surface area contributed by atoms with Crippen molar-refractivity contribution < 1.29 is 23.5 Å². The Hall–Kier alpha value is -3.68. The van der Waals surface area contributed by atoms with Crippen molar-refractivity contribution in [3.63, 3.8) is 0 Å². The van der Waals surface area contributed by atoms with Gasteiger partial charge in [-0.05, 0) is 69.7 Å². The summed E-state index contributed by atoms with van der Waals surface area (Å²) in [6, 6.07) is 12.5. The number of oxime groups is 1. The van der Waals surface area contributed by atoms with Crippen molar-refractivity contribution in [3.8, 4) is 11.6 Å². The molecule has 0 saturated heterocycles. The fourth-order valence-corrected chi connectivity index (χ4v) is 3.18. The summed E-state index contributed by atoms with van der Waals surface area (Å²) in [5.74, 6) is 0.0855. The lowest BCUT2D eigenvalue weighted by atomic mass is 10.0. The van der Waals surface area contributed by atoms with Gasteiger partial charge in [0, 0.05) is 13.8 Å². The summed E-state index contributed by atoms with van der Waals surface area (Å²) >= 11 is 0. The van der Waals surface area contributed by atoms with Crippen LogP contribution in [0.1, 0.15) is 54.1 Å². The largest absolute Gasteiger partial charge is 0.456 e. The monoisotopic (exact) mass is 439 g/mol.